The van der Waals surface area contributed by atoms with Crippen LogP contribution in [0, 0.1) is 0 Å². The van der Waals surface area contributed by atoms with Gasteiger partial charge in [-0.25, -0.2) is 5.01 Å². The Labute approximate surface area is 137 Å². The number of rotatable bonds is 3. The van der Waals surface area contributed by atoms with Crippen LogP contribution in [0.5, 0.6) is 0 Å². The SMILES string of the molecule is Nc1cccc(C2=NN(C(=O)Cc3cccc(Br)c3)CC2)c1. The highest BCUT2D eigenvalue weighted by Crippen LogP contribution is 2.18. The van der Waals surface area contributed by atoms with Crippen LogP contribution >= 0.6 is 15.9 Å². The molecule has 3 rings (SSSR count). The quantitative estimate of drug-likeness (QED) is 0.857. The van der Waals surface area contributed by atoms with Crippen molar-refractivity contribution in [1.82, 2.24) is 5.01 Å². The predicted octanol–water partition coefficient (Wildman–Crippen LogP) is 3.21. The molecule has 0 saturated heterocycles. The summed E-state index contributed by atoms with van der Waals surface area (Å²) in [5, 5.41) is 6.01. The van der Waals surface area contributed by atoms with Gasteiger partial charge in [0.15, 0.2) is 0 Å². The van der Waals surface area contributed by atoms with E-state index in [1.807, 2.05) is 48.5 Å². The molecule has 1 aliphatic rings. The van der Waals surface area contributed by atoms with Gasteiger partial charge in [0.1, 0.15) is 0 Å². The van der Waals surface area contributed by atoms with Crippen molar-refractivity contribution in [2.24, 2.45) is 5.10 Å². The molecule has 0 aromatic heterocycles. The minimum absolute atomic E-state index is 0.0111. The number of carbonyl (C=O) groups excluding carboxylic acids is 1. The van der Waals surface area contributed by atoms with E-state index >= 15 is 0 Å². The Balaban J connectivity index is 1.72. The van der Waals surface area contributed by atoms with Crippen LogP contribution < -0.4 is 5.73 Å². The fraction of sp³-hybridized carbons (Fsp3) is 0.176. The third kappa shape index (κ3) is 3.36. The number of nitrogens with two attached hydrogens (primary N) is 1. The standard InChI is InChI=1S/C17H16BrN3O/c18-14-5-1-3-12(9-14)10-17(22)21-8-7-16(20-21)13-4-2-6-15(19)11-13/h1-6,9,11H,7-8,10,19H2. The van der Waals surface area contributed by atoms with Gasteiger partial charge in [-0.05, 0) is 35.4 Å². The first-order valence-corrected chi connectivity index (χ1v) is 7.89. The number of benzene rings is 2. The zero-order valence-electron chi connectivity index (χ0n) is 12.0. The van der Waals surface area contributed by atoms with Crippen LogP contribution in [-0.2, 0) is 11.2 Å². The minimum atomic E-state index is 0.0111. The van der Waals surface area contributed by atoms with E-state index in [2.05, 4.69) is 21.0 Å². The highest BCUT2D eigenvalue weighted by atomic mass is 79.9. The zero-order chi connectivity index (χ0) is 15.5. The van der Waals surface area contributed by atoms with Crippen molar-refractivity contribution < 1.29 is 4.79 Å². The molecule has 0 bridgehead atoms. The minimum Gasteiger partial charge on any atom is -0.399 e. The van der Waals surface area contributed by atoms with Gasteiger partial charge in [0.05, 0.1) is 18.7 Å². The third-order valence-corrected chi connectivity index (χ3v) is 4.05. The molecule has 2 aromatic carbocycles. The van der Waals surface area contributed by atoms with Crippen molar-refractivity contribution >= 4 is 33.2 Å². The van der Waals surface area contributed by atoms with E-state index in [4.69, 9.17) is 5.73 Å². The maximum Gasteiger partial charge on any atom is 0.247 e. The smallest absolute Gasteiger partial charge is 0.247 e. The molecule has 0 atom stereocenters. The van der Waals surface area contributed by atoms with Gasteiger partial charge in [-0.1, -0.05) is 40.2 Å². The van der Waals surface area contributed by atoms with E-state index in [-0.39, 0.29) is 5.91 Å². The second kappa shape index (κ2) is 6.32. The van der Waals surface area contributed by atoms with Gasteiger partial charge < -0.3 is 5.73 Å². The average Bonchev–Trinajstić information content (AvgIpc) is 2.97. The maximum absolute atomic E-state index is 12.3. The number of hydrogen-bond acceptors (Lipinski definition) is 3. The van der Waals surface area contributed by atoms with E-state index in [1.54, 1.807) is 5.01 Å². The summed E-state index contributed by atoms with van der Waals surface area (Å²) >= 11 is 3.42. The summed E-state index contributed by atoms with van der Waals surface area (Å²) in [7, 11) is 0. The lowest BCUT2D eigenvalue weighted by Gasteiger charge is -2.11. The molecule has 112 valence electrons. The molecule has 0 unspecified atom stereocenters. The van der Waals surface area contributed by atoms with Crippen molar-refractivity contribution in [3.8, 4) is 0 Å². The summed E-state index contributed by atoms with van der Waals surface area (Å²) in [5.74, 6) is 0.0111. The monoisotopic (exact) mass is 357 g/mol. The number of anilines is 1. The molecule has 0 aliphatic carbocycles. The first kappa shape index (κ1) is 14.8. The normalized spacial score (nSPS) is 14.0. The molecule has 0 spiro atoms. The Bertz CT molecular complexity index is 742. The summed E-state index contributed by atoms with van der Waals surface area (Å²) < 4.78 is 0.975. The average molecular weight is 358 g/mol. The van der Waals surface area contributed by atoms with E-state index in [0.717, 1.165) is 27.7 Å². The van der Waals surface area contributed by atoms with Crippen LogP contribution in [-0.4, -0.2) is 23.2 Å². The summed E-state index contributed by atoms with van der Waals surface area (Å²) in [5.41, 5.74) is 9.38. The number of amides is 1. The van der Waals surface area contributed by atoms with Gasteiger partial charge in [0, 0.05) is 16.6 Å². The fourth-order valence-corrected chi connectivity index (χ4v) is 2.92. The van der Waals surface area contributed by atoms with Crippen molar-refractivity contribution in [3.05, 3.63) is 64.1 Å². The van der Waals surface area contributed by atoms with Gasteiger partial charge in [-0.2, -0.15) is 5.10 Å². The lowest BCUT2D eigenvalue weighted by molar-refractivity contribution is -0.130. The number of hydrogen-bond donors (Lipinski definition) is 1. The number of nitrogens with zero attached hydrogens (tertiary/aromatic N) is 2. The first-order chi connectivity index (χ1) is 10.6. The first-order valence-electron chi connectivity index (χ1n) is 7.10. The van der Waals surface area contributed by atoms with Crippen molar-refractivity contribution in [1.29, 1.82) is 0 Å². The summed E-state index contributed by atoms with van der Waals surface area (Å²) in [6.07, 6.45) is 1.11. The van der Waals surface area contributed by atoms with Crippen molar-refractivity contribution in [3.63, 3.8) is 0 Å². The predicted molar refractivity (Wildman–Crippen MR) is 91.6 cm³/mol. The van der Waals surface area contributed by atoms with Crippen LogP contribution in [0.25, 0.3) is 0 Å². The molecule has 0 saturated carbocycles. The number of hydrazone groups is 1. The Morgan fingerprint density at radius 3 is 2.82 bits per heavy atom. The largest absolute Gasteiger partial charge is 0.399 e. The fourth-order valence-electron chi connectivity index (χ4n) is 2.47. The molecule has 0 fully saturated rings. The molecular weight excluding hydrogens is 342 g/mol. The Morgan fingerprint density at radius 1 is 1.23 bits per heavy atom. The lowest BCUT2D eigenvalue weighted by atomic mass is 10.1. The van der Waals surface area contributed by atoms with Gasteiger partial charge in [0.2, 0.25) is 5.91 Å². The molecule has 2 N–H and O–H groups in total. The number of carbonyl (C=O) groups is 1. The van der Waals surface area contributed by atoms with E-state index in [1.165, 1.54) is 0 Å². The molecule has 4 nitrogen and oxygen atoms in total. The molecule has 2 aromatic rings. The highest BCUT2D eigenvalue weighted by Gasteiger charge is 2.21. The number of halogens is 1. The van der Waals surface area contributed by atoms with Gasteiger partial charge in [-0.3, -0.25) is 4.79 Å². The summed E-state index contributed by atoms with van der Waals surface area (Å²) in [6, 6.07) is 15.4. The van der Waals surface area contributed by atoms with Gasteiger partial charge in [-0.15, -0.1) is 0 Å². The Kier molecular flexibility index (Phi) is 4.24. The Morgan fingerprint density at radius 2 is 2.05 bits per heavy atom. The van der Waals surface area contributed by atoms with Crippen LogP contribution in [0.15, 0.2) is 58.1 Å². The topological polar surface area (TPSA) is 58.7 Å². The molecule has 1 amide bonds. The second-order valence-electron chi connectivity index (χ2n) is 5.25. The van der Waals surface area contributed by atoms with E-state index in [9.17, 15) is 4.79 Å². The van der Waals surface area contributed by atoms with Crippen LogP contribution in [0.3, 0.4) is 0 Å². The highest BCUT2D eigenvalue weighted by molar-refractivity contribution is 9.10. The molecule has 22 heavy (non-hydrogen) atoms. The van der Waals surface area contributed by atoms with Crippen molar-refractivity contribution in [2.45, 2.75) is 12.8 Å². The van der Waals surface area contributed by atoms with Crippen molar-refractivity contribution in [2.75, 3.05) is 12.3 Å². The third-order valence-electron chi connectivity index (χ3n) is 3.55. The summed E-state index contributed by atoms with van der Waals surface area (Å²) in [6.45, 7) is 0.622. The second-order valence-corrected chi connectivity index (χ2v) is 6.16. The molecule has 1 aliphatic heterocycles. The Hall–Kier alpha value is -2.14. The van der Waals surface area contributed by atoms with Crippen LogP contribution in [0.2, 0.25) is 0 Å². The molecule has 1 heterocycles. The van der Waals surface area contributed by atoms with E-state index in [0.29, 0.717) is 18.7 Å². The van der Waals surface area contributed by atoms with Gasteiger partial charge in [0.25, 0.3) is 0 Å². The van der Waals surface area contributed by atoms with Crippen LogP contribution in [0.1, 0.15) is 17.5 Å². The summed E-state index contributed by atoms with van der Waals surface area (Å²) in [4.78, 5) is 12.3. The van der Waals surface area contributed by atoms with Crippen LogP contribution in [0.4, 0.5) is 5.69 Å². The maximum atomic E-state index is 12.3. The zero-order valence-corrected chi connectivity index (χ0v) is 13.6. The number of nitrogen functional groups attached to an aromatic ring is 1. The molecular formula is C17H16BrN3O. The molecule has 5 heteroatoms. The van der Waals surface area contributed by atoms with Gasteiger partial charge >= 0.3 is 0 Å². The lowest BCUT2D eigenvalue weighted by Crippen LogP contribution is -2.25. The molecule has 0 radical (unpaired) electrons. The van der Waals surface area contributed by atoms with E-state index < -0.39 is 0 Å².